The molecule has 0 aliphatic carbocycles. The van der Waals surface area contributed by atoms with Gasteiger partial charge >= 0.3 is 0 Å². The molecule has 4 nitrogen and oxygen atoms in total. The fourth-order valence-electron chi connectivity index (χ4n) is 2.15. The van der Waals surface area contributed by atoms with Crippen molar-refractivity contribution >= 4 is 6.29 Å². The maximum absolute atomic E-state index is 10.5. The molecule has 0 bridgehead atoms. The third kappa shape index (κ3) is 8.35. The van der Waals surface area contributed by atoms with Crippen molar-refractivity contribution in [2.75, 3.05) is 6.61 Å². The maximum Gasteiger partial charge on any atom is 0.122 e. The Morgan fingerprint density at radius 1 is 1.00 bits per heavy atom. The van der Waals surface area contributed by atoms with E-state index in [1.165, 1.54) is 0 Å². The minimum absolute atomic E-state index is 0.0345. The van der Waals surface area contributed by atoms with Gasteiger partial charge in [0.25, 0.3) is 0 Å². The molecule has 0 saturated heterocycles. The molecule has 0 rings (SSSR count). The summed E-state index contributed by atoms with van der Waals surface area (Å²) in [6, 6.07) is 0. The van der Waals surface area contributed by atoms with Crippen molar-refractivity contribution in [1.29, 1.82) is 0 Å². The molecular weight excluding hydrogens is 244 g/mol. The van der Waals surface area contributed by atoms with Crippen molar-refractivity contribution in [2.45, 2.75) is 65.1 Å². The molecule has 0 aromatic heterocycles. The Kier molecular flexibility index (Phi) is 10.1. The lowest BCUT2D eigenvalue weighted by atomic mass is 9.86. The molecule has 3 N–H and O–H groups in total. The van der Waals surface area contributed by atoms with Gasteiger partial charge in [-0.15, -0.1) is 0 Å². The average Bonchev–Trinajstić information content (AvgIpc) is 2.42. The lowest BCUT2D eigenvalue weighted by Gasteiger charge is -2.24. The molecule has 5 unspecified atom stereocenters. The largest absolute Gasteiger partial charge is 0.394 e. The number of carbonyl (C=O) groups is 1. The number of aliphatic hydroxyl groups excluding tert-OH is 3. The van der Waals surface area contributed by atoms with Crippen LogP contribution < -0.4 is 0 Å². The van der Waals surface area contributed by atoms with Crippen LogP contribution in [0.15, 0.2) is 0 Å². The molecule has 0 radical (unpaired) electrons. The Morgan fingerprint density at radius 2 is 1.63 bits per heavy atom. The molecule has 0 heterocycles. The summed E-state index contributed by atoms with van der Waals surface area (Å²) in [6.45, 7) is 5.63. The van der Waals surface area contributed by atoms with Gasteiger partial charge in [-0.1, -0.05) is 27.2 Å². The molecule has 19 heavy (non-hydrogen) atoms. The third-order valence-corrected chi connectivity index (χ3v) is 4.08. The van der Waals surface area contributed by atoms with Crippen LogP contribution >= 0.6 is 0 Å². The number of rotatable bonds is 11. The zero-order valence-electron chi connectivity index (χ0n) is 12.5. The first-order valence-electron chi connectivity index (χ1n) is 7.34. The number of hydrogen-bond donors (Lipinski definition) is 3. The number of aliphatic hydroxyl groups is 3. The molecule has 0 aliphatic heterocycles. The summed E-state index contributed by atoms with van der Waals surface area (Å²) < 4.78 is 0. The Bertz CT molecular complexity index is 232. The highest BCUT2D eigenvalue weighted by Gasteiger charge is 2.20. The standard InChI is InChI=1S/C15H30O4/c1-11(9-16)5-4-6-14(18)8-7-12(2)13(3)15(19)10-17/h9,11-15,17-19H,4-8,10H2,1-3H3. The molecule has 0 fully saturated rings. The van der Waals surface area contributed by atoms with Gasteiger partial charge in [0, 0.05) is 5.92 Å². The van der Waals surface area contributed by atoms with Crippen molar-refractivity contribution in [1.82, 2.24) is 0 Å². The predicted octanol–water partition coefficient (Wildman–Crippen LogP) is 1.76. The summed E-state index contributed by atoms with van der Waals surface area (Å²) >= 11 is 0. The molecule has 0 amide bonds. The maximum atomic E-state index is 10.5. The van der Waals surface area contributed by atoms with Gasteiger partial charge in [-0.25, -0.2) is 0 Å². The molecular formula is C15H30O4. The topological polar surface area (TPSA) is 77.8 Å². The number of hydrogen-bond acceptors (Lipinski definition) is 4. The van der Waals surface area contributed by atoms with Gasteiger partial charge in [0.2, 0.25) is 0 Å². The van der Waals surface area contributed by atoms with E-state index in [2.05, 4.69) is 0 Å². The van der Waals surface area contributed by atoms with Crippen LogP contribution in [0.2, 0.25) is 0 Å². The monoisotopic (exact) mass is 274 g/mol. The molecule has 0 aromatic carbocycles. The van der Waals surface area contributed by atoms with E-state index in [0.29, 0.717) is 6.42 Å². The van der Waals surface area contributed by atoms with Crippen molar-refractivity contribution in [2.24, 2.45) is 17.8 Å². The summed E-state index contributed by atoms with van der Waals surface area (Å²) in [7, 11) is 0. The van der Waals surface area contributed by atoms with Crippen molar-refractivity contribution < 1.29 is 20.1 Å². The van der Waals surface area contributed by atoms with Gasteiger partial charge in [-0.05, 0) is 37.5 Å². The second-order valence-corrected chi connectivity index (χ2v) is 5.86. The van der Waals surface area contributed by atoms with E-state index in [4.69, 9.17) is 5.11 Å². The first-order valence-corrected chi connectivity index (χ1v) is 7.34. The second kappa shape index (κ2) is 10.4. The fraction of sp³-hybridized carbons (Fsp3) is 0.933. The lowest BCUT2D eigenvalue weighted by molar-refractivity contribution is -0.110. The Morgan fingerprint density at radius 3 is 2.16 bits per heavy atom. The minimum atomic E-state index is -0.680. The van der Waals surface area contributed by atoms with Gasteiger partial charge in [-0.3, -0.25) is 0 Å². The van der Waals surface area contributed by atoms with Gasteiger partial charge < -0.3 is 20.1 Å². The SMILES string of the molecule is CC(C=O)CCCC(O)CCC(C)C(C)C(O)CO. The molecule has 0 spiro atoms. The summed E-state index contributed by atoms with van der Waals surface area (Å²) in [5.41, 5.74) is 0. The zero-order valence-corrected chi connectivity index (χ0v) is 12.5. The Hall–Kier alpha value is -0.450. The molecule has 0 saturated carbocycles. The molecule has 0 aromatic rings. The van der Waals surface area contributed by atoms with Gasteiger partial charge in [0.1, 0.15) is 6.29 Å². The highest BCUT2D eigenvalue weighted by atomic mass is 16.3. The predicted molar refractivity (Wildman–Crippen MR) is 75.7 cm³/mol. The first kappa shape index (κ1) is 18.6. The van der Waals surface area contributed by atoms with E-state index in [0.717, 1.165) is 32.0 Å². The van der Waals surface area contributed by atoms with Gasteiger partial charge in [0.05, 0.1) is 18.8 Å². The lowest BCUT2D eigenvalue weighted by Crippen LogP contribution is -2.27. The van der Waals surface area contributed by atoms with Crippen molar-refractivity contribution in [3.63, 3.8) is 0 Å². The van der Waals surface area contributed by atoms with E-state index >= 15 is 0 Å². The van der Waals surface area contributed by atoms with Crippen LogP contribution in [-0.2, 0) is 4.79 Å². The van der Waals surface area contributed by atoms with Crippen LogP contribution in [0.1, 0.15) is 52.9 Å². The van der Waals surface area contributed by atoms with Crippen molar-refractivity contribution in [3.8, 4) is 0 Å². The van der Waals surface area contributed by atoms with Crippen LogP contribution in [0.3, 0.4) is 0 Å². The van der Waals surface area contributed by atoms with Crippen LogP contribution in [-0.4, -0.2) is 40.4 Å². The third-order valence-electron chi connectivity index (χ3n) is 4.08. The molecule has 4 heteroatoms. The second-order valence-electron chi connectivity index (χ2n) is 5.86. The van der Waals surface area contributed by atoms with Crippen LogP contribution in [0.25, 0.3) is 0 Å². The fourth-order valence-corrected chi connectivity index (χ4v) is 2.15. The summed E-state index contributed by atoms with van der Waals surface area (Å²) in [6.07, 6.45) is 3.90. The molecule has 0 aliphatic rings. The van der Waals surface area contributed by atoms with E-state index in [-0.39, 0.29) is 30.5 Å². The number of carbonyl (C=O) groups excluding carboxylic acids is 1. The minimum Gasteiger partial charge on any atom is -0.394 e. The van der Waals surface area contributed by atoms with Crippen LogP contribution in [0.4, 0.5) is 0 Å². The molecule has 5 atom stereocenters. The quantitative estimate of drug-likeness (QED) is 0.502. The summed E-state index contributed by atoms with van der Waals surface area (Å²) in [5, 5.41) is 28.3. The summed E-state index contributed by atoms with van der Waals surface area (Å²) in [4.78, 5) is 10.5. The zero-order chi connectivity index (χ0) is 14.8. The Balaban J connectivity index is 3.77. The van der Waals surface area contributed by atoms with E-state index in [9.17, 15) is 15.0 Å². The summed E-state index contributed by atoms with van der Waals surface area (Å²) in [5.74, 6) is 0.379. The molecule has 114 valence electrons. The highest BCUT2D eigenvalue weighted by Crippen LogP contribution is 2.22. The van der Waals surface area contributed by atoms with Crippen molar-refractivity contribution in [3.05, 3.63) is 0 Å². The Labute approximate surface area is 116 Å². The van der Waals surface area contributed by atoms with Crippen LogP contribution in [0, 0.1) is 17.8 Å². The van der Waals surface area contributed by atoms with E-state index in [1.54, 1.807) is 0 Å². The average molecular weight is 274 g/mol. The number of aldehydes is 1. The highest BCUT2D eigenvalue weighted by molar-refractivity contribution is 5.52. The van der Waals surface area contributed by atoms with E-state index in [1.807, 2.05) is 20.8 Å². The van der Waals surface area contributed by atoms with Crippen LogP contribution in [0.5, 0.6) is 0 Å². The first-order chi connectivity index (χ1) is 8.92. The van der Waals surface area contributed by atoms with E-state index < -0.39 is 6.10 Å². The van der Waals surface area contributed by atoms with Gasteiger partial charge in [-0.2, -0.15) is 0 Å². The smallest absolute Gasteiger partial charge is 0.122 e. The van der Waals surface area contributed by atoms with Gasteiger partial charge in [0.15, 0.2) is 0 Å². The normalized spacial score (nSPS) is 19.5.